The zero-order valence-corrected chi connectivity index (χ0v) is 24.9. The van der Waals surface area contributed by atoms with Crippen molar-refractivity contribution in [2.75, 3.05) is 32.0 Å². The quantitative estimate of drug-likeness (QED) is 0.293. The average molecular weight is 566 g/mol. The molecule has 0 saturated carbocycles. The van der Waals surface area contributed by atoms with Crippen molar-refractivity contribution in [1.29, 1.82) is 0 Å². The first-order valence-electron chi connectivity index (χ1n) is 14.7. The predicted molar refractivity (Wildman–Crippen MR) is 165 cm³/mol. The second-order valence-electron chi connectivity index (χ2n) is 11.4. The van der Waals surface area contributed by atoms with Gasteiger partial charge in [-0.1, -0.05) is 32.0 Å². The fraction of sp³-hybridized carbons (Fsp3) is 0.394. The summed E-state index contributed by atoms with van der Waals surface area (Å²) in [7, 11) is 1.64. The number of aromatic nitrogens is 4. The summed E-state index contributed by atoms with van der Waals surface area (Å²) >= 11 is 0. The van der Waals surface area contributed by atoms with Gasteiger partial charge in [-0.15, -0.1) is 0 Å². The lowest BCUT2D eigenvalue weighted by Gasteiger charge is -2.31. The first kappa shape index (κ1) is 29.1. The number of carbonyl (C=O) groups excluding carboxylic acids is 2. The van der Waals surface area contributed by atoms with E-state index in [1.54, 1.807) is 32.6 Å². The Bertz CT molecular complexity index is 1560. The standard InChI is InChI=1S/C33H39N7O2/c1-5-33(3,28-8-6-7-26-27(32(42)34-4)11-14-35-31(26)28)20-37-30-18-29(38-21-39-30)24-9-10-25(36-19-24)17-23-12-15-40(16-13-23)22(2)41/h6-11,14,18-19,21,23H,5,12-13,15-17,20H2,1-4H3,(H,34,42)(H,37,38,39)/t33-/m1/s1. The van der Waals surface area contributed by atoms with Gasteiger partial charge in [-0.2, -0.15) is 0 Å². The third kappa shape index (κ3) is 6.25. The van der Waals surface area contributed by atoms with Crippen LogP contribution in [0.3, 0.4) is 0 Å². The van der Waals surface area contributed by atoms with Crippen molar-refractivity contribution >= 4 is 28.5 Å². The molecule has 4 heterocycles. The highest BCUT2D eigenvalue weighted by Gasteiger charge is 2.28. The van der Waals surface area contributed by atoms with Crippen LogP contribution >= 0.6 is 0 Å². The second-order valence-corrected chi connectivity index (χ2v) is 11.4. The molecule has 1 aliphatic heterocycles. The van der Waals surface area contributed by atoms with Gasteiger partial charge < -0.3 is 15.5 Å². The van der Waals surface area contributed by atoms with Crippen LogP contribution in [0.15, 0.2) is 61.2 Å². The molecule has 9 heteroatoms. The number of amides is 2. The number of pyridine rings is 2. The molecule has 4 aromatic rings. The van der Waals surface area contributed by atoms with E-state index < -0.39 is 0 Å². The molecule has 1 aromatic carbocycles. The molecule has 0 bridgehead atoms. The number of carbonyl (C=O) groups is 2. The fourth-order valence-corrected chi connectivity index (χ4v) is 5.75. The van der Waals surface area contributed by atoms with E-state index >= 15 is 0 Å². The molecule has 0 spiro atoms. The number of nitrogens with one attached hydrogen (secondary N) is 2. The Labute approximate surface area is 247 Å². The van der Waals surface area contributed by atoms with Gasteiger partial charge in [0.05, 0.1) is 16.8 Å². The summed E-state index contributed by atoms with van der Waals surface area (Å²) in [6.45, 7) is 8.31. The summed E-state index contributed by atoms with van der Waals surface area (Å²) in [5.41, 5.74) is 5.09. The summed E-state index contributed by atoms with van der Waals surface area (Å²) in [5.74, 6) is 1.33. The van der Waals surface area contributed by atoms with Crippen LogP contribution in [0.4, 0.5) is 5.82 Å². The number of para-hydroxylation sites is 1. The highest BCUT2D eigenvalue weighted by molar-refractivity contribution is 6.06. The summed E-state index contributed by atoms with van der Waals surface area (Å²) in [4.78, 5) is 44.4. The van der Waals surface area contributed by atoms with Crippen molar-refractivity contribution in [3.63, 3.8) is 0 Å². The van der Waals surface area contributed by atoms with Crippen LogP contribution in [-0.4, -0.2) is 63.3 Å². The Balaban J connectivity index is 1.28. The Morgan fingerprint density at radius 2 is 1.86 bits per heavy atom. The van der Waals surface area contributed by atoms with Crippen LogP contribution in [0.2, 0.25) is 0 Å². The number of hydrogen-bond acceptors (Lipinski definition) is 7. The van der Waals surface area contributed by atoms with Gasteiger partial charge >= 0.3 is 0 Å². The van der Waals surface area contributed by atoms with Gasteiger partial charge in [0.25, 0.3) is 5.91 Å². The summed E-state index contributed by atoms with van der Waals surface area (Å²) in [6.07, 6.45) is 8.98. The van der Waals surface area contributed by atoms with Gasteiger partial charge in [0.15, 0.2) is 0 Å². The topological polar surface area (TPSA) is 113 Å². The minimum Gasteiger partial charge on any atom is -0.369 e. The lowest BCUT2D eigenvalue weighted by atomic mass is 9.78. The molecule has 2 N–H and O–H groups in total. The van der Waals surface area contributed by atoms with E-state index in [2.05, 4.69) is 57.6 Å². The van der Waals surface area contributed by atoms with Crippen molar-refractivity contribution in [2.45, 2.75) is 51.9 Å². The number of hydrogen-bond donors (Lipinski definition) is 2. The highest BCUT2D eigenvalue weighted by atomic mass is 16.2. The molecule has 0 aliphatic carbocycles. The molecule has 1 atom stereocenters. The van der Waals surface area contributed by atoms with Gasteiger partial charge in [0.1, 0.15) is 12.1 Å². The molecule has 1 aliphatic rings. The van der Waals surface area contributed by atoms with Gasteiger partial charge in [-0.05, 0) is 55.4 Å². The average Bonchev–Trinajstić information content (AvgIpc) is 3.03. The van der Waals surface area contributed by atoms with Crippen LogP contribution in [0.5, 0.6) is 0 Å². The van der Waals surface area contributed by atoms with E-state index in [-0.39, 0.29) is 17.2 Å². The van der Waals surface area contributed by atoms with Gasteiger partial charge in [-0.25, -0.2) is 9.97 Å². The normalized spacial score (nSPS) is 15.3. The molecule has 3 aromatic heterocycles. The largest absolute Gasteiger partial charge is 0.369 e. The minimum absolute atomic E-state index is 0.123. The number of anilines is 1. The van der Waals surface area contributed by atoms with E-state index in [1.807, 2.05) is 29.3 Å². The maximum absolute atomic E-state index is 12.5. The number of rotatable bonds is 9. The molecular formula is C33H39N7O2. The Morgan fingerprint density at radius 3 is 2.55 bits per heavy atom. The molecule has 2 amide bonds. The third-order valence-corrected chi connectivity index (χ3v) is 8.68. The maximum atomic E-state index is 12.5. The van der Waals surface area contributed by atoms with Crippen molar-refractivity contribution in [2.24, 2.45) is 5.92 Å². The molecule has 218 valence electrons. The molecule has 42 heavy (non-hydrogen) atoms. The number of benzene rings is 1. The number of likely N-dealkylation sites (tertiary alicyclic amines) is 1. The van der Waals surface area contributed by atoms with Crippen molar-refractivity contribution < 1.29 is 9.59 Å². The van der Waals surface area contributed by atoms with Gasteiger partial charge in [0.2, 0.25) is 5.91 Å². The summed E-state index contributed by atoms with van der Waals surface area (Å²) in [5, 5.41) is 7.10. The monoisotopic (exact) mass is 565 g/mol. The first-order chi connectivity index (χ1) is 20.3. The van der Waals surface area contributed by atoms with Crippen LogP contribution in [0.1, 0.15) is 61.6 Å². The van der Waals surface area contributed by atoms with Crippen LogP contribution in [0, 0.1) is 5.92 Å². The fourth-order valence-electron chi connectivity index (χ4n) is 5.75. The number of piperidine rings is 1. The lowest BCUT2D eigenvalue weighted by Crippen LogP contribution is -2.37. The summed E-state index contributed by atoms with van der Waals surface area (Å²) in [6, 6.07) is 13.9. The van der Waals surface area contributed by atoms with Crippen molar-refractivity contribution in [3.05, 3.63) is 78.0 Å². The van der Waals surface area contributed by atoms with E-state index in [1.165, 1.54) is 0 Å². The van der Waals surface area contributed by atoms with E-state index in [0.29, 0.717) is 18.0 Å². The van der Waals surface area contributed by atoms with Gasteiger partial charge in [-0.3, -0.25) is 19.6 Å². The van der Waals surface area contributed by atoms with E-state index in [0.717, 1.165) is 78.0 Å². The van der Waals surface area contributed by atoms with Crippen LogP contribution < -0.4 is 10.6 Å². The molecule has 0 unspecified atom stereocenters. The Morgan fingerprint density at radius 1 is 1.05 bits per heavy atom. The number of fused-ring (bicyclic) bond motifs is 1. The van der Waals surface area contributed by atoms with Crippen LogP contribution in [0.25, 0.3) is 22.2 Å². The Kier molecular flexibility index (Phi) is 8.75. The zero-order valence-electron chi connectivity index (χ0n) is 24.9. The van der Waals surface area contributed by atoms with Crippen LogP contribution in [-0.2, 0) is 16.6 Å². The highest BCUT2D eigenvalue weighted by Crippen LogP contribution is 2.34. The Hall–Kier alpha value is -4.40. The molecule has 9 nitrogen and oxygen atoms in total. The predicted octanol–water partition coefficient (Wildman–Crippen LogP) is 5.03. The zero-order chi connectivity index (χ0) is 29.7. The van der Waals surface area contributed by atoms with E-state index in [9.17, 15) is 9.59 Å². The molecule has 0 radical (unpaired) electrons. The van der Waals surface area contributed by atoms with Gasteiger partial charge in [0, 0.05) is 74.1 Å². The third-order valence-electron chi connectivity index (χ3n) is 8.68. The van der Waals surface area contributed by atoms with Crippen molar-refractivity contribution in [3.8, 4) is 11.3 Å². The smallest absolute Gasteiger partial charge is 0.251 e. The van der Waals surface area contributed by atoms with Crippen molar-refractivity contribution in [1.82, 2.24) is 30.2 Å². The molecule has 5 rings (SSSR count). The maximum Gasteiger partial charge on any atom is 0.251 e. The molecule has 1 saturated heterocycles. The van der Waals surface area contributed by atoms with E-state index in [4.69, 9.17) is 4.98 Å². The SMILES string of the molecule is CC[C@](C)(CNc1cc(-c2ccc(CC3CCN(C(C)=O)CC3)nc2)ncn1)c1cccc2c(C(=O)NC)ccnc12. The summed E-state index contributed by atoms with van der Waals surface area (Å²) < 4.78 is 0. The molecule has 1 fully saturated rings. The molecular weight excluding hydrogens is 526 g/mol. The minimum atomic E-state index is -0.261. The second kappa shape index (κ2) is 12.6. The number of nitrogens with zero attached hydrogens (tertiary/aromatic N) is 5. The lowest BCUT2D eigenvalue weighted by molar-refractivity contribution is -0.130. The first-order valence-corrected chi connectivity index (χ1v) is 14.7.